The van der Waals surface area contributed by atoms with E-state index in [4.69, 9.17) is 4.42 Å². The third-order valence-corrected chi connectivity index (χ3v) is 3.75. The predicted molar refractivity (Wildman–Crippen MR) is 67.9 cm³/mol. The van der Waals surface area contributed by atoms with Crippen LogP contribution < -0.4 is 0 Å². The smallest absolute Gasteiger partial charge is 0.105 e. The molecule has 1 N–H and O–H groups in total. The Morgan fingerprint density at radius 3 is 2.71 bits per heavy atom. The molecule has 0 saturated heterocycles. The maximum absolute atomic E-state index is 9.82. The van der Waals surface area contributed by atoms with E-state index < -0.39 is 0 Å². The van der Waals surface area contributed by atoms with E-state index in [1.54, 1.807) is 0 Å². The first-order valence-corrected chi connectivity index (χ1v) is 6.49. The number of nitrogens with zero attached hydrogens (tertiary/aromatic N) is 1. The standard InChI is InChI=1S/C14H23NO2/c1-10-7-13(11(2)17-10)9-15(3)8-12-5-4-6-14(12)16/h7,12,14,16H,4-6,8-9H2,1-3H3. The van der Waals surface area contributed by atoms with Crippen LogP contribution in [0, 0.1) is 19.8 Å². The first kappa shape index (κ1) is 12.7. The van der Waals surface area contributed by atoms with E-state index in [1.165, 1.54) is 12.0 Å². The summed E-state index contributed by atoms with van der Waals surface area (Å²) in [6, 6.07) is 2.11. The normalized spacial score (nSPS) is 24.8. The molecular formula is C14H23NO2. The van der Waals surface area contributed by atoms with Crippen LogP contribution in [0.15, 0.2) is 10.5 Å². The molecule has 1 heterocycles. The second-order valence-corrected chi connectivity index (χ2v) is 5.39. The van der Waals surface area contributed by atoms with Gasteiger partial charge in [0.25, 0.3) is 0 Å². The van der Waals surface area contributed by atoms with Crippen LogP contribution >= 0.6 is 0 Å². The van der Waals surface area contributed by atoms with Crippen LogP contribution in [0.4, 0.5) is 0 Å². The lowest BCUT2D eigenvalue weighted by Crippen LogP contribution is -2.29. The van der Waals surface area contributed by atoms with E-state index in [2.05, 4.69) is 18.0 Å². The van der Waals surface area contributed by atoms with E-state index in [-0.39, 0.29) is 6.10 Å². The molecule has 3 nitrogen and oxygen atoms in total. The summed E-state index contributed by atoms with van der Waals surface area (Å²) in [5.74, 6) is 2.45. The van der Waals surface area contributed by atoms with Crippen molar-refractivity contribution in [3.8, 4) is 0 Å². The molecule has 0 aromatic carbocycles. The molecule has 1 aliphatic carbocycles. The van der Waals surface area contributed by atoms with Gasteiger partial charge in [0.1, 0.15) is 11.5 Å². The minimum atomic E-state index is -0.0929. The molecule has 17 heavy (non-hydrogen) atoms. The van der Waals surface area contributed by atoms with Gasteiger partial charge in [-0.05, 0) is 45.7 Å². The molecule has 1 saturated carbocycles. The van der Waals surface area contributed by atoms with E-state index >= 15 is 0 Å². The SMILES string of the molecule is Cc1cc(CN(C)CC2CCCC2O)c(C)o1. The number of aliphatic hydroxyl groups is 1. The summed E-state index contributed by atoms with van der Waals surface area (Å²) in [4.78, 5) is 2.29. The summed E-state index contributed by atoms with van der Waals surface area (Å²) in [6.45, 7) is 5.88. The van der Waals surface area contributed by atoms with E-state index in [9.17, 15) is 5.11 Å². The molecule has 1 aromatic rings. The predicted octanol–water partition coefficient (Wildman–Crippen LogP) is 2.49. The van der Waals surface area contributed by atoms with Gasteiger partial charge >= 0.3 is 0 Å². The fraction of sp³-hybridized carbons (Fsp3) is 0.714. The van der Waals surface area contributed by atoms with Crippen molar-refractivity contribution < 1.29 is 9.52 Å². The molecule has 2 unspecified atom stereocenters. The summed E-state index contributed by atoms with van der Waals surface area (Å²) in [5.41, 5.74) is 1.26. The Bertz CT molecular complexity index is 372. The van der Waals surface area contributed by atoms with Crippen LogP contribution in [0.2, 0.25) is 0 Å². The molecule has 1 aliphatic rings. The number of furan rings is 1. The van der Waals surface area contributed by atoms with Gasteiger partial charge in [-0.25, -0.2) is 0 Å². The van der Waals surface area contributed by atoms with Crippen molar-refractivity contribution in [2.24, 2.45) is 5.92 Å². The number of hydrogen-bond donors (Lipinski definition) is 1. The fourth-order valence-electron chi connectivity index (χ4n) is 2.83. The van der Waals surface area contributed by atoms with Gasteiger partial charge in [0, 0.05) is 18.7 Å². The highest BCUT2D eigenvalue weighted by Crippen LogP contribution is 2.26. The van der Waals surface area contributed by atoms with Crippen LogP contribution in [0.1, 0.15) is 36.3 Å². The largest absolute Gasteiger partial charge is 0.466 e. The second kappa shape index (κ2) is 5.23. The number of rotatable bonds is 4. The second-order valence-electron chi connectivity index (χ2n) is 5.39. The Labute approximate surface area is 103 Å². The van der Waals surface area contributed by atoms with Gasteiger partial charge < -0.3 is 14.4 Å². The number of hydrogen-bond acceptors (Lipinski definition) is 3. The number of aliphatic hydroxyl groups excluding tert-OH is 1. The lowest BCUT2D eigenvalue weighted by molar-refractivity contribution is 0.107. The molecule has 0 aliphatic heterocycles. The third kappa shape index (κ3) is 3.11. The summed E-state index contributed by atoms with van der Waals surface area (Å²) in [7, 11) is 2.12. The van der Waals surface area contributed by atoms with Gasteiger partial charge in [0.15, 0.2) is 0 Å². The average Bonchev–Trinajstić information content (AvgIpc) is 2.75. The minimum Gasteiger partial charge on any atom is -0.466 e. The van der Waals surface area contributed by atoms with E-state index in [1.807, 2.05) is 13.8 Å². The van der Waals surface area contributed by atoms with Gasteiger partial charge in [0.2, 0.25) is 0 Å². The summed E-state index contributed by atoms with van der Waals surface area (Å²) >= 11 is 0. The third-order valence-electron chi connectivity index (χ3n) is 3.75. The van der Waals surface area contributed by atoms with Crippen molar-refractivity contribution in [1.82, 2.24) is 4.90 Å². The molecule has 0 radical (unpaired) electrons. The van der Waals surface area contributed by atoms with Crippen LogP contribution in [-0.2, 0) is 6.54 Å². The van der Waals surface area contributed by atoms with Gasteiger partial charge in [0.05, 0.1) is 6.10 Å². The Kier molecular flexibility index (Phi) is 3.89. The molecule has 0 amide bonds. The zero-order chi connectivity index (χ0) is 12.4. The monoisotopic (exact) mass is 237 g/mol. The quantitative estimate of drug-likeness (QED) is 0.874. The molecule has 2 rings (SSSR count). The minimum absolute atomic E-state index is 0.0929. The van der Waals surface area contributed by atoms with Crippen molar-refractivity contribution in [1.29, 1.82) is 0 Å². The maximum Gasteiger partial charge on any atom is 0.105 e. The van der Waals surface area contributed by atoms with Gasteiger partial charge in [-0.1, -0.05) is 6.42 Å². The summed E-state index contributed by atoms with van der Waals surface area (Å²) < 4.78 is 5.53. The van der Waals surface area contributed by atoms with Crippen molar-refractivity contribution in [3.05, 3.63) is 23.2 Å². The average molecular weight is 237 g/mol. The molecule has 96 valence electrons. The highest BCUT2D eigenvalue weighted by Gasteiger charge is 2.26. The lowest BCUT2D eigenvalue weighted by Gasteiger charge is -2.22. The molecule has 0 bridgehead atoms. The maximum atomic E-state index is 9.82. The molecule has 1 aromatic heterocycles. The van der Waals surface area contributed by atoms with Crippen molar-refractivity contribution in [2.75, 3.05) is 13.6 Å². The molecule has 3 heteroatoms. The summed E-state index contributed by atoms with van der Waals surface area (Å²) in [6.07, 6.45) is 3.21. The van der Waals surface area contributed by atoms with Gasteiger partial charge in [-0.2, -0.15) is 0 Å². The molecule has 1 fully saturated rings. The Morgan fingerprint density at radius 1 is 1.41 bits per heavy atom. The van der Waals surface area contributed by atoms with Crippen molar-refractivity contribution in [3.63, 3.8) is 0 Å². The molecule has 2 atom stereocenters. The first-order valence-electron chi connectivity index (χ1n) is 6.49. The molecular weight excluding hydrogens is 214 g/mol. The zero-order valence-corrected chi connectivity index (χ0v) is 11.1. The summed E-state index contributed by atoms with van der Waals surface area (Å²) in [5, 5.41) is 9.82. The van der Waals surface area contributed by atoms with E-state index in [0.29, 0.717) is 5.92 Å². The van der Waals surface area contributed by atoms with Crippen molar-refractivity contribution in [2.45, 2.75) is 45.8 Å². The van der Waals surface area contributed by atoms with Crippen molar-refractivity contribution >= 4 is 0 Å². The fourth-order valence-corrected chi connectivity index (χ4v) is 2.83. The lowest BCUT2D eigenvalue weighted by atomic mass is 10.1. The number of aryl methyl sites for hydroxylation is 2. The van der Waals surface area contributed by atoms with E-state index in [0.717, 1.165) is 37.5 Å². The van der Waals surface area contributed by atoms with Crippen LogP contribution in [0.5, 0.6) is 0 Å². The highest BCUT2D eigenvalue weighted by atomic mass is 16.3. The van der Waals surface area contributed by atoms with Gasteiger partial charge in [-0.15, -0.1) is 0 Å². The topological polar surface area (TPSA) is 36.6 Å². The Hall–Kier alpha value is -0.800. The van der Waals surface area contributed by atoms with Crippen LogP contribution in [0.25, 0.3) is 0 Å². The Morgan fingerprint density at radius 2 is 2.18 bits per heavy atom. The molecule has 0 spiro atoms. The Balaban J connectivity index is 1.88. The van der Waals surface area contributed by atoms with Gasteiger partial charge in [-0.3, -0.25) is 0 Å². The highest BCUT2D eigenvalue weighted by molar-refractivity contribution is 5.19. The first-order chi connectivity index (χ1) is 8.06. The zero-order valence-electron chi connectivity index (χ0n) is 11.1. The van der Waals surface area contributed by atoms with Crippen LogP contribution in [-0.4, -0.2) is 29.7 Å². The van der Waals surface area contributed by atoms with Crippen LogP contribution in [0.3, 0.4) is 0 Å².